The van der Waals surface area contributed by atoms with E-state index in [0.717, 1.165) is 35.0 Å². The molecule has 0 saturated heterocycles. The van der Waals surface area contributed by atoms with Crippen molar-refractivity contribution in [2.75, 3.05) is 13.7 Å². The van der Waals surface area contributed by atoms with Gasteiger partial charge in [-0.1, -0.05) is 26.0 Å². The number of rotatable bonds is 8. The second kappa shape index (κ2) is 7.59. The van der Waals surface area contributed by atoms with E-state index in [1.165, 1.54) is 0 Å². The van der Waals surface area contributed by atoms with Crippen molar-refractivity contribution >= 4 is 16.9 Å². The minimum absolute atomic E-state index is 0.0318. The van der Waals surface area contributed by atoms with Crippen LogP contribution in [0, 0.1) is 18.8 Å². The number of carbonyl (C=O) groups is 1. The standard InChI is InChI=1S/C18H26N2O3/c1-11(2)17(18(21)22)15(6-5-9-23-4)13-7-8-14-12(3)19-20-16(14)10-13/h7-8,10-11,15,17H,5-6,9H2,1-4H3,(H,19,20)(H,21,22). The molecule has 2 unspecified atom stereocenters. The summed E-state index contributed by atoms with van der Waals surface area (Å²) < 4.78 is 5.14. The second-order valence-corrected chi connectivity index (χ2v) is 6.46. The zero-order chi connectivity index (χ0) is 17.0. The van der Waals surface area contributed by atoms with Gasteiger partial charge in [-0.3, -0.25) is 9.89 Å². The molecule has 1 aromatic heterocycles. The summed E-state index contributed by atoms with van der Waals surface area (Å²) in [6.45, 7) is 6.55. The molecule has 5 nitrogen and oxygen atoms in total. The molecule has 0 spiro atoms. The first-order valence-electron chi connectivity index (χ1n) is 8.12. The van der Waals surface area contributed by atoms with Crippen molar-refractivity contribution in [2.45, 2.75) is 39.5 Å². The number of H-pyrrole nitrogens is 1. The van der Waals surface area contributed by atoms with Gasteiger partial charge in [-0.2, -0.15) is 5.10 Å². The lowest BCUT2D eigenvalue weighted by molar-refractivity contribution is -0.144. The number of fused-ring (bicyclic) bond motifs is 1. The summed E-state index contributed by atoms with van der Waals surface area (Å²) in [4.78, 5) is 11.8. The molecule has 0 saturated carbocycles. The van der Waals surface area contributed by atoms with Crippen molar-refractivity contribution in [3.63, 3.8) is 0 Å². The van der Waals surface area contributed by atoms with E-state index in [4.69, 9.17) is 4.74 Å². The first kappa shape index (κ1) is 17.5. The van der Waals surface area contributed by atoms with E-state index in [2.05, 4.69) is 10.2 Å². The first-order valence-corrected chi connectivity index (χ1v) is 8.12. The van der Waals surface area contributed by atoms with Crippen LogP contribution >= 0.6 is 0 Å². The summed E-state index contributed by atoms with van der Waals surface area (Å²) in [5.41, 5.74) is 2.98. The van der Waals surface area contributed by atoms with Crippen LogP contribution in [-0.4, -0.2) is 35.0 Å². The fraction of sp³-hybridized carbons (Fsp3) is 0.556. The highest BCUT2D eigenvalue weighted by molar-refractivity contribution is 5.82. The number of nitrogens with zero attached hydrogens (tertiary/aromatic N) is 1. The van der Waals surface area contributed by atoms with Gasteiger partial charge in [0.25, 0.3) is 0 Å². The molecule has 23 heavy (non-hydrogen) atoms. The molecule has 0 aliphatic carbocycles. The molecule has 1 aromatic carbocycles. The van der Waals surface area contributed by atoms with E-state index < -0.39 is 11.9 Å². The van der Waals surface area contributed by atoms with Crippen LogP contribution < -0.4 is 0 Å². The number of aromatic nitrogens is 2. The monoisotopic (exact) mass is 318 g/mol. The van der Waals surface area contributed by atoms with E-state index in [0.29, 0.717) is 6.61 Å². The minimum Gasteiger partial charge on any atom is -0.481 e. The Balaban J connectivity index is 2.38. The summed E-state index contributed by atoms with van der Waals surface area (Å²) in [5, 5.41) is 18.0. The molecule has 0 bridgehead atoms. The third-order valence-electron chi connectivity index (χ3n) is 4.51. The van der Waals surface area contributed by atoms with Crippen molar-refractivity contribution in [1.29, 1.82) is 0 Å². The molecule has 0 aliphatic heterocycles. The van der Waals surface area contributed by atoms with Crippen LogP contribution in [0.5, 0.6) is 0 Å². The maximum Gasteiger partial charge on any atom is 0.307 e. The molecular weight excluding hydrogens is 292 g/mol. The van der Waals surface area contributed by atoms with Crippen LogP contribution in [0.25, 0.3) is 10.9 Å². The highest BCUT2D eigenvalue weighted by atomic mass is 16.5. The predicted molar refractivity (Wildman–Crippen MR) is 90.6 cm³/mol. The number of aliphatic carboxylic acids is 1. The Bertz CT molecular complexity index is 663. The number of hydrogen-bond donors (Lipinski definition) is 2. The molecule has 1 heterocycles. The highest BCUT2D eigenvalue weighted by Gasteiger charge is 2.32. The van der Waals surface area contributed by atoms with E-state index in [-0.39, 0.29) is 11.8 Å². The number of benzene rings is 1. The fourth-order valence-corrected chi connectivity index (χ4v) is 3.33. The van der Waals surface area contributed by atoms with Crippen molar-refractivity contribution in [3.8, 4) is 0 Å². The highest BCUT2D eigenvalue weighted by Crippen LogP contribution is 2.36. The van der Waals surface area contributed by atoms with Crippen molar-refractivity contribution < 1.29 is 14.6 Å². The SMILES string of the molecule is COCCCC(c1ccc2c(C)n[nH]c2c1)C(C(=O)O)C(C)C. The number of aryl methyl sites for hydroxylation is 1. The smallest absolute Gasteiger partial charge is 0.307 e. The Morgan fingerprint density at radius 2 is 2.13 bits per heavy atom. The zero-order valence-corrected chi connectivity index (χ0v) is 14.3. The normalized spacial score (nSPS) is 14.3. The van der Waals surface area contributed by atoms with Gasteiger partial charge in [0, 0.05) is 19.1 Å². The maximum absolute atomic E-state index is 11.8. The van der Waals surface area contributed by atoms with Gasteiger partial charge in [-0.15, -0.1) is 0 Å². The average Bonchev–Trinajstić information content (AvgIpc) is 2.86. The Kier molecular flexibility index (Phi) is 5.77. The summed E-state index contributed by atoms with van der Waals surface area (Å²) in [6.07, 6.45) is 1.64. The lowest BCUT2D eigenvalue weighted by atomic mass is 9.76. The van der Waals surface area contributed by atoms with Crippen LogP contribution in [0.15, 0.2) is 18.2 Å². The number of ether oxygens (including phenoxy) is 1. The van der Waals surface area contributed by atoms with Gasteiger partial charge in [0.15, 0.2) is 0 Å². The van der Waals surface area contributed by atoms with E-state index in [1.54, 1.807) is 7.11 Å². The molecule has 2 aromatic rings. The summed E-state index contributed by atoms with van der Waals surface area (Å²) in [6, 6.07) is 6.12. The van der Waals surface area contributed by atoms with Crippen LogP contribution in [0.1, 0.15) is 43.9 Å². The number of hydrogen-bond acceptors (Lipinski definition) is 3. The van der Waals surface area contributed by atoms with Crippen LogP contribution in [0.4, 0.5) is 0 Å². The second-order valence-electron chi connectivity index (χ2n) is 6.46. The maximum atomic E-state index is 11.8. The van der Waals surface area contributed by atoms with Gasteiger partial charge in [0.2, 0.25) is 0 Å². The average molecular weight is 318 g/mol. The Morgan fingerprint density at radius 1 is 1.39 bits per heavy atom. The number of carboxylic acid groups (broad SMARTS) is 1. The van der Waals surface area contributed by atoms with E-state index in [9.17, 15) is 9.90 Å². The Hall–Kier alpha value is -1.88. The van der Waals surface area contributed by atoms with Crippen LogP contribution in [-0.2, 0) is 9.53 Å². The Labute approximate surface area is 137 Å². The largest absolute Gasteiger partial charge is 0.481 e. The van der Waals surface area contributed by atoms with Crippen molar-refractivity contribution in [1.82, 2.24) is 10.2 Å². The quantitative estimate of drug-likeness (QED) is 0.727. The summed E-state index contributed by atoms with van der Waals surface area (Å²) in [5.74, 6) is -1.11. The molecule has 126 valence electrons. The number of aromatic amines is 1. The predicted octanol–water partition coefficient (Wildman–Crippen LogP) is 3.74. The number of nitrogens with one attached hydrogen (secondary N) is 1. The van der Waals surface area contributed by atoms with E-state index >= 15 is 0 Å². The van der Waals surface area contributed by atoms with Gasteiger partial charge in [-0.25, -0.2) is 0 Å². The van der Waals surface area contributed by atoms with Crippen molar-refractivity contribution in [3.05, 3.63) is 29.5 Å². The van der Waals surface area contributed by atoms with E-state index in [1.807, 2.05) is 39.0 Å². The lowest BCUT2D eigenvalue weighted by Crippen LogP contribution is -2.27. The molecule has 2 N–H and O–H groups in total. The van der Waals surface area contributed by atoms with Crippen LogP contribution in [0.2, 0.25) is 0 Å². The van der Waals surface area contributed by atoms with Gasteiger partial charge < -0.3 is 9.84 Å². The molecule has 0 fully saturated rings. The van der Waals surface area contributed by atoms with Gasteiger partial charge in [0.05, 0.1) is 17.1 Å². The summed E-state index contributed by atoms with van der Waals surface area (Å²) >= 11 is 0. The molecule has 0 aliphatic rings. The third kappa shape index (κ3) is 3.91. The first-order chi connectivity index (χ1) is 11.0. The minimum atomic E-state index is -0.733. The molecule has 5 heteroatoms. The molecule has 0 amide bonds. The Morgan fingerprint density at radius 3 is 2.74 bits per heavy atom. The summed E-state index contributed by atoms with van der Waals surface area (Å²) in [7, 11) is 1.67. The number of carboxylic acids is 1. The molecule has 2 rings (SSSR count). The van der Waals surface area contributed by atoms with Crippen LogP contribution in [0.3, 0.4) is 0 Å². The zero-order valence-electron chi connectivity index (χ0n) is 14.3. The van der Waals surface area contributed by atoms with Gasteiger partial charge in [0.1, 0.15) is 0 Å². The van der Waals surface area contributed by atoms with Crippen molar-refractivity contribution in [2.24, 2.45) is 11.8 Å². The topological polar surface area (TPSA) is 75.2 Å². The third-order valence-corrected chi connectivity index (χ3v) is 4.51. The fourth-order valence-electron chi connectivity index (χ4n) is 3.33. The van der Waals surface area contributed by atoms with Gasteiger partial charge >= 0.3 is 5.97 Å². The molecule has 2 atom stereocenters. The molecule has 0 radical (unpaired) electrons. The number of methoxy groups -OCH3 is 1. The van der Waals surface area contributed by atoms with Gasteiger partial charge in [-0.05, 0) is 43.2 Å². The lowest BCUT2D eigenvalue weighted by Gasteiger charge is -2.27. The molecular formula is C18H26N2O3.